The Morgan fingerprint density at radius 1 is 1.38 bits per heavy atom. The fraction of sp³-hybridized carbons (Fsp3) is 0.632. The predicted molar refractivity (Wildman–Crippen MR) is 95.3 cm³/mol. The number of hydrogen-bond donors (Lipinski definition) is 2. The van der Waals surface area contributed by atoms with Crippen LogP contribution in [0.5, 0.6) is 5.75 Å². The molecule has 1 aromatic carbocycles. The maximum Gasteiger partial charge on any atom is 0.229 e. The van der Waals surface area contributed by atoms with Crippen molar-refractivity contribution >= 4 is 5.91 Å². The van der Waals surface area contributed by atoms with E-state index < -0.39 is 0 Å². The molecule has 0 aromatic heterocycles. The molecule has 0 radical (unpaired) electrons. The zero-order chi connectivity index (χ0) is 17.2. The molecule has 24 heavy (non-hydrogen) atoms. The van der Waals surface area contributed by atoms with Crippen LogP contribution >= 0.6 is 0 Å². The van der Waals surface area contributed by atoms with Gasteiger partial charge in [0.15, 0.2) is 0 Å². The van der Waals surface area contributed by atoms with Crippen molar-refractivity contribution in [2.45, 2.75) is 37.8 Å². The summed E-state index contributed by atoms with van der Waals surface area (Å²) in [6.45, 7) is 1.49. The third kappa shape index (κ3) is 3.42. The van der Waals surface area contributed by atoms with E-state index in [2.05, 4.69) is 35.7 Å². The second kappa shape index (κ2) is 7.11. The highest BCUT2D eigenvalue weighted by molar-refractivity contribution is 5.85. The van der Waals surface area contributed by atoms with E-state index in [0.29, 0.717) is 6.04 Å². The molecule has 2 fully saturated rings. The first-order valence-electron chi connectivity index (χ1n) is 8.85. The zero-order valence-electron chi connectivity index (χ0n) is 15.0. The molecule has 2 N–H and O–H groups in total. The average molecular weight is 331 g/mol. The highest BCUT2D eigenvalue weighted by Crippen LogP contribution is 2.31. The van der Waals surface area contributed by atoms with Crippen LogP contribution in [0.4, 0.5) is 0 Å². The van der Waals surface area contributed by atoms with Crippen LogP contribution in [0.3, 0.4) is 0 Å². The molecule has 1 saturated carbocycles. The van der Waals surface area contributed by atoms with Crippen LogP contribution in [0, 0.1) is 5.41 Å². The van der Waals surface area contributed by atoms with Crippen LogP contribution in [0.15, 0.2) is 24.3 Å². The molecule has 1 saturated heterocycles. The summed E-state index contributed by atoms with van der Waals surface area (Å²) in [6.07, 6.45) is 4.19. The first kappa shape index (κ1) is 17.2. The molecular formula is C19H29N3O2. The van der Waals surface area contributed by atoms with Gasteiger partial charge in [-0.2, -0.15) is 0 Å². The summed E-state index contributed by atoms with van der Waals surface area (Å²) in [7, 11) is 5.88. The first-order chi connectivity index (χ1) is 11.5. The van der Waals surface area contributed by atoms with E-state index >= 15 is 0 Å². The maximum absolute atomic E-state index is 13.0. The molecule has 1 aliphatic carbocycles. The third-order valence-electron chi connectivity index (χ3n) is 5.54. The van der Waals surface area contributed by atoms with Gasteiger partial charge in [-0.3, -0.25) is 4.79 Å². The molecule has 5 heteroatoms. The van der Waals surface area contributed by atoms with Crippen molar-refractivity contribution in [3.63, 3.8) is 0 Å². The van der Waals surface area contributed by atoms with Gasteiger partial charge in [0.2, 0.25) is 5.91 Å². The largest absolute Gasteiger partial charge is 0.497 e. The van der Waals surface area contributed by atoms with Crippen LogP contribution in [0.1, 0.15) is 24.8 Å². The van der Waals surface area contributed by atoms with E-state index in [9.17, 15) is 4.79 Å². The van der Waals surface area contributed by atoms with Gasteiger partial charge < -0.3 is 20.3 Å². The van der Waals surface area contributed by atoms with Crippen LogP contribution in [0.2, 0.25) is 0 Å². The van der Waals surface area contributed by atoms with Gasteiger partial charge in [-0.05, 0) is 57.5 Å². The number of ether oxygens (including phenoxy) is 1. The standard InChI is InChI=1S/C19H29N3O2/c1-22(2)17-9-5-8-16(17)21-18(23)19(12-20-13-19)11-14-6-4-7-15(10-14)24-3/h4,6-7,10,16-17,20H,5,8-9,11-13H2,1-3H3,(H,21,23)/t16-,17-/m1/s1. The molecule has 1 aromatic rings. The summed E-state index contributed by atoms with van der Waals surface area (Å²) in [5.41, 5.74) is 0.827. The topological polar surface area (TPSA) is 53.6 Å². The van der Waals surface area contributed by atoms with Crippen LogP contribution in [-0.2, 0) is 11.2 Å². The summed E-state index contributed by atoms with van der Waals surface area (Å²) in [4.78, 5) is 15.3. The highest BCUT2D eigenvalue weighted by Gasteiger charge is 2.45. The Labute approximate surface area is 144 Å². The van der Waals surface area contributed by atoms with E-state index in [0.717, 1.165) is 37.2 Å². The molecule has 5 nitrogen and oxygen atoms in total. The van der Waals surface area contributed by atoms with Gasteiger partial charge in [-0.15, -0.1) is 0 Å². The SMILES string of the molecule is COc1cccc(CC2(C(=O)N[C@@H]3CCC[C@H]3N(C)C)CNC2)c1. The summed E-state index contributed by atoms with van der Waals surface area (Å²) in [5, 5.41) is 6.64. The van der Waals surface area contributed by atoms with Gasteiger partial charge in [0.1, 0.15) is 5.75 Å². The number of hydrogen-bond acceptors (Lipinski definition) is 4. The predicted octanol–water partition coefficient (Wildman–Crippen LogP) is 1.43. The lowest BCUT2D eigenvalue weighted by molar-refractivity contribution is -0.135. The fourth-order valence-corrected chi connectivity index (χ4v) is 4.01. The molecule has 3 rings (SSSR count). The monoisotopic (exact) mass is 331 g/mol. The minimum absolute atomic E-state index is 0.197. The maximum atomic E-state index is 13.0. The Morgan fingerprint density at radius 2 is 2.17 bits per heavy atom. The number of carbonyl (C=O) groups is 1. The Morgan fingerprint density at radius 3 is 2.79 bits per heavy atom. The second-order valence-corrected chi connectivity index (χ2v) is 7.45. The zero-order valence-corrected chi connectivity index (χ0v) is 15.0. The smallest absolute Gasteiger partial charge is 0.229 e. The van der Waals surface area contributed by atoms with E-state index in [1.54, 1.807) is 7.11 Å². The summed E-state index contributed by atoms with van der Waals surface area (Å²) >= 11 is 0. The Bertz CT molecular complexity index is 584. The van der Waals surface area contributed by atoms with Crippen LogP contribution in [-0.4, -0.2) is 57.2 Å². The lowest BCUT2D eigenvalue weighted by atomic mass is 9.75. The van der Waals surface area contributed by atoms with Gasteiger partial charge in [0.25, 0.3) is 0 Å². The van der Waals surface area contributed by atoms with Gasteiger partial charge in [-0.25, -0.2) is 0 Å². The molecule has 132 valence electrons. The molecular weight excluding hydrogens is 302 g/mol. The highest BCUT2D eigenvalue weighted by atomic mass is 16.5. The number of benzene rings is 1. The third-order valence-corrected chi connectivity index (χ3v) is 5.54. The van der Waals surface area contributed by atoms with Crippen molar-refractivity contribution in [3.8, 4) is 5.75 Å². The lowest BCUT2D eigenvalue weighted by Gasteiger charge is -2.42. The molecule has 1 heterocycles. The Hall–Kier alpha value is -1.59. The van der Waals surface area contributed by atoms with Crippen LogP contribution in [0.25, 0.3) is 0 Å². The average Bonchev–Trinajstić information content (AvgIpc) is 2.99. The van der Waals surface area contributed by atoms with Crippen molar-refractivity contribution in [2.24, 2.45) is 5.41 Å². The minimum Gasteiger partial charge on any atom is -0.497 e. The number of carbonyl (C=O) groups excluding carboxylic acids is 1. The number of amides is 1. The molecule has 2 aliphatic rings. The lowest BCUT2D eigenvalue weighted by Crippen LogP contribution is -2.64. The second-order valence-electron chi connectivity index (χ2n) is 7.45. The molecule has 0 spiro atoms. The van der Waals surface area contributed by atoms with E-state index in [1.165, 1.54) is 12.8 Å². The number of nitrogens with one attached hydrogen (secondary N) is 2. The minimum atomic E-state index is -0.328. The first-order valence-corrected chi connectivity index (χ1v) is 8.85. The van der Waals surface area contributed by atoms with E-state index in [4.69, 9.17) is 4.74 Å². The summed E-state index contributed by atoms with van der Waals surface area (Å²) in [6, 6.07) is 8.77. The van der Waals surface area contributed by atoms with Crippen molar-refractivity contribution < 1.29 is 9.53 Å². The van der Waals surface area contributed by atoms with Crippen molar-refractivity contribution in [1.82, 2.24) is 15.5 Å². The summed E-state index contributed by atoms with van der Waals surface area (Å²) in [5.74, 6) is 1.04. The Kier molecular flexibility index (Phi) is 5.11. The summed E-state index contributed by atoms with van der Waals surface area (Å²) < 4.78 is 5.31. The van der Waals surface area contributed by atoms with Crippen molar-refractivity contribution in [3.05, 3.63) is 29.8 Å². The van der Waals surface area contributed by atoms with Crippen molar-refractivity contribution in [1.29, 1.82) is 0 Å². The molecule has 0 bridgehead atoms. The van der Waals surface area contributed by atoms with Crippen LogP contribution < -0.4 is 15.4 Å². The fourth-order valence-electron chi connectivity index (χ4n) is 4.01. The van der Waals surface area contributed by atoms with Crippen molar-refractivity contribution in [2.75, 3.05) is 34.3 Å². The Balaban J connectivity index is 1.69. The van der Waals surface area contributed by atoms with Gasteiger partial charge in [0.05, 0.1) is 12.5 Å². The van der Waals surface area contributed by atoms with Gasteiger partial charge in [-0.1, -0.05) is 12.1 Å². The quantitative estimate of drug-likeness (QED) is 0.828. The van der Waals surface area contributed by atoms with E-state index in [-0.39, 0.29) is 17.4 Å². The van der Waals surface area contributed by atoms with Gasteiger partial charge >= 0.3 is 0 Å². The number of methoxy groups -OCH3 is 1. The number of rotatable bonds is 6. The molecule has 2 atom stereocenters. The number of likely N-dealkylation sites (N-methyl/N-ethyl adjacent to an activating group) is 1. The molecule has 1 amide bonds. The normalized spacial score (nSPS) is 25.3. The number of nitrogens with zero attached hydrogens (tertiary/aromatic N) is 1. The van der Waals surface area contributed by atoms with Gasteiger partial charge in [0, 0.05) is 25.2 Å². The molecule has 1 aliphatic heterocycles. The van der Waals surface area contributed by atoms with E-state index in [1.807, 2.05) is 18.2 Å². The molecule has 0 unspecified atom stereocenters.